The Morgan fingerprint density at radius 3 is 2.67 bits per heavy atom. The molecule has 0 spiro atoms. The van der Waals surface area contributed by atoms with Gasteiger partial charge in [-0.3, -0.25) is 0 Å². The van der Waals surface area contributed by atoms with Gasteiger partial charge in [-0.1, -0.05) is 32.3 Å². The predicted octanol–water partition coefficient (Wildman–Crippen LogP) is 4.15. The van der Waals surface area contributed by atoms with Crippen LogP contribution in [-0.4, -0.2) is 20.3 Å². The molecule has 0 unspecified atom stereocenters. The van der Waals surface area contributed by atoms with Crippen LogP contribution in [-0.2, 0) is 6.54 Å². The molecule has 2 rings (SSSR count). The number of hydrogen-bond donors (Lipinski definition) is 1. The lowest BCUT2D eigenvalue weighted by molar-refractivity contribution is 0.294. The second-order valence-electron chi connectivity index (χ2n) is 5.97. The van der Waals surface area contributed by atoms with Gasteiger partial charge in [-0.25, -0.2) is 0 Å². The van der Waals surface area contributed by atoms with Gasteiger partial charge in [0, 0.05) is 6.54 Å². The fourth-order valence-electron chi connectivity index (χ4n) is 2.97. The molecule has 1 fully saturated rings. The fraction of sp³-hybridized carbons (Fsp3) is 0.667. The van der Waals surface area contributed by atoms with Gasteiger partial charge in [0.05, 0.1) is 13.7 Å². The van der Waals surface area contributed by atoms with Crippen LogP contribution in [0, 0.1) is 5.92 Å². The lowest BCUT2D eigenvalue weighted by atomic mass is 9.89. The molecule has 0 bridgehead atoms. The van der Waals surface area contributed by atoms with Crippen molar-refractivity contribution in [1.82, 2.24) is 5.32 Å². The minimum absolute atomic E-state index is 0.732. The van der Waals surface area contributed by atoms with Gasteiger partial charge in [-0.15, -0.1) is 0 Å². The standard InChI is InChI=1S/C18H29NO2/c1-3-11-21-17-10-9-16(12-18(17)20-2)14-19-13-15-7-5-4-6-8-15/h9-10,12,15,19H,3-8,11,13-14H2,1-2H3. The largest absolute Gasteiger partial charge is 0.493 e. The molecule has 0 aromatic heterocycles. The number of benzene rings is 1. The van der Waals surface area contributed by atoms with E-state index in [9.17, 15) is 0 Å². The van der Waals surface area contributed by atoms with Gasteiger partial charge in [0.15, 0.2) is 11.5 Å². The molecule has 118 valence electrons. The highest BCUT2D eigenvalue weighted by Crippen LogP contribution is 2.28. The first-order valence-electron chi connectivity index (χ1n) is 8.34. The maximum Gasteiger partial charge on any atom is 0.161 e. The highest BCUT2D eigenvalue weighted by atomic mass is 16.5. The van der Waals surface area contributed by atoms with Crippen LogP contribution >= 0.6 is 0 Å². The van der Waals surface area contributed by atoms with Crippen LogP contribution in [0.2, 0.25) is 0 Å². The Labute approximate surface area is 129 Å². The smallest absolute Gasteiger partial charge is 0.161 e. The van der Waals surface area contributed by atoms with Gasteiger partial charge in [-0.05, 0) is 49.4 Å². The zero-order chi connectivity index (χ0) is 14.9. The minimum atomic E-state index is 0.732. The highest BCUT2D eigenvalue weighted by Gasteiger charge is 2.12. The molecule has 1 aliphatic carbocycles. The second kappa shape index (κ2) is 8.93. The molecule has 21 heavy (non-hydrogen) atoms. The summed E-state index contributed by atoms with van der Waals surface area (Å²) in [5, 5.41) is 3.59. The summed E-state index contributed by atoms with van der Waals surface area (Å²) in [6.45, 7) is 4.88. The van der Waals surface area contributed by atoms with Gasteiger partial charge in [0.2, 0.25) is 0 Å². The summed E-state index contributed by atoms with van der Waals surface area (Å²) in [5.41, 5.74) is 1.26. The van der Waals surface area contributed by atoms with Crippen molar-refractivity contribution in [3.8, 4) is 11.5 Å². The molecule has 3 nitrogen and oxygen atoms in total. The van der Waals surface area contributed by atoms with E-state index in [1.165, 1.54) is 37.7 Å². The molecule has 1 saturated carbocycles. The summed E-state index contributed by atoms with van der Waals surface area (Å²) < 4.78 is 11.1. The van der Waals surface area contributed by atoms with E-state index in [1.807, 2.05) is 6.07 Å². The van der Waals surface area contributed by atoms with Crippen molar-refractivity contribution in [1.29, 1.82) is 0 Å². The van der Waals surface area contributed by atoms with Gasteiger partial charge in [0.1, 0.15) is 0 Å². The van der Waals surface area contributed by atoms with E-state index >= 15 is 0 Å². The van der Waals surface area contributed by atoms with E-state index in [4.69, 9.17) is 9.47 Å². The van der Waals surface area contributed by atoms with E-state index in [0.717, 1.165) is 43.5 Å². The summed E-state index contributed by atoms with van der Waals surface area (Å²) >= 11 is 0. The molecular weight excluding hydrogens is 262 g/mol. The number of rotatable bonds is 8. The average molecular weight is 291 g/mol. The number of nitrogens with one attached hydrogen (secondary N) is 1. The van der Waals surface area contributed by atoms with E-state index < -0.39 is 0 Å². The topological polar surface area (TPSA) is 30.5 Å². The molecule has 0 heterocycles. The quantitative estimate of drug-likeness (QED) is 0.780. The summed E-state index contributed by atoms with van der Waals surface area (Å²) in [6, 6.07) is 6.23. The summed E-state index contributed by atoms with van der Waals surface area (Å²) in [4.78, 5) is 0. The maximum absolute atomic E-state index is 5.69. The van der Waals surface area contributed by atoms with Crippen molar-refractivity contribution in [2.45, 2.75) is 52.0 Å². The van der Waals surface area contributed by atoms with Crippen molar-refractivity contribution >= 4 is 0 Å². The Morgan fingerprint density at radius 1 is 1.14 bits per heavy atom. The van der Waals surface area contributed by atoms with Gasteiger partial charge < -0.3 is 14.8 Å². The van der Waals surface area contributed by atoms with E-state index in [0.29, 0.717) is 0 Å². The lowest BCUT2D eigenvalue weighted by Crippen LogP contribution is -2.24. The third-order valence-corrected chi connectivity index (χ3v) is 4.18. The average Bonchev–Trinajstić information content (AvgIpc) is 2.54. The molecule has 0 aliphatic heterocycles. The molecular formula is C18H29NO2. The van der Waals surface area contributed by atoms with Crippen LogP contribution in [0.5, 0.6) is 11.5 Å². The summed E-state index contributed by atoms with van der Waals surface area (Å²) in [7, 11) is 1.70. The Bertz CT molecular complexity index is 414. The predicted molar refractivity (Wildman–Crippen MR) is 87.1 cm³/mol. The Kier molecular flexibility index (Phi) is 6.87. The third kappa shape index (κ3) is 5.24. The van der Waals surface area contributed by atoms with Crippen LogP contribution < -0.4 is 14.8 Å². The first kappa shape index (κ1) is 16.2. The first-order valence-corrected chi connectivity index (χ1v) is 8.34. The van der Waals surface area contributed by atoms with Crippen LogP contribution in [0.4, 0.5) is 0 Å². The van der Waals surface area contributed by atoms with Crippen LogP contribution in [0.1, 0.15) is 51.0 Å². The van der Waals surface area contributed by atoms with Crippen LogP contribution in [0.15, 0.2) is 18.2 Å². The Balaban J connectivity index is 1.82. The minimum Gasteiger partial charge on any atom is -0.493 e. The molecule has 0 radical (unpaired) electrons. The molecule has 1 aromatic rings. The van der Waals surface area contributed by atoms with Crippen LogP contribution in [0.25, 0.3) is 0 Å². The molecule has 1 N–H and O–H groups in total. The normalized spacial score (nSPS) is 15.9. The Hall–Kier alpha value is -1.22. The number of methoxy groups -OCH3 is 1. The molecule has 0 saturated heterocycles. The highest BCUT2D eigenvalue weighted by molar-refractivity contribution is 5.42. The van der Waals surface area contributed by atoms with Crippen molar-refractivity contribution in [2.24, 2.45) is 5.92 Å². The third-order valence-electron chi connectivity index (χ3n) is 4.18. The second-order valence-corrected chi connectivity index (χ2v) is 5.97. The van der Waals surface area contributed by atoms with E-state index in [2.05, 4.69) is 24.4 Å². The molecule has 1 aliphatic rings. The zero-order valence-corrected chi connectivity index (χ0v) is 13.5. The zero-order valence-electron chi connectivity index (χ0n) is 13.5. The first-order chi connectivity index (χ1) is 10.3. The maximum atomic E-state index is 5.69. The monoisotopic (exact) mass is 291 g/mol. The van der Waals surface area contributed by atoms with Gasteiger partial charge in [0.25, 0.3) is 0 Å². The van der Waals surface area contributed by atoms with Crippen molar-refractivity contribution in [3.63, 3.8) is 0 Å². The molecule has 0 atom stereocenters. The molecule has 3 heteroatoms. The van der Waals surface area contributed by atoms with Crippen molar-refractivity contribution in [3.05, 3.63) is 23.8 Å². The fourth-order valence-corrected chi connectivity index (χ4v) is 2.97. The Morgan fingerprint density at radius 2 is 1.95 bits per heavy atom. The van der Waals surface area contributed by atoms with Gasteiger partial charge in [-0.2, -0.15) is 0 Å². The van der Waals surface area contributed by atoms with Crippen molar-refractivity contribution < 1.29 is 9.47 Å². The van der Waals surface area contributed by atoms with E-state index in [-0.39, 0.29) is 0 Å². The van der Waals surface area contributed by atoms with Gasteiger partial charge >= 0.3 is 0 Å². The van der Waals surface area contributed by atoms with Crippen LogP contribution in [0.3, 0.4) is 0 Å². The number of hydrogen-bond acceptors (Lipinski definition) is 3. The van der Waals surface area contributed by atoms with Crippen molar-refractivity contribution in [2.75, 3.05) is 20.3 Å². The van der Waals surface area contributed by atoms with E-state index in [1.54, 1.807) is 7.11 Å². The molecule has 1 aromatic carbocycles. The summed E-state index contributed by atoms with van der Waals surface area (Å²) in [6.07, 6.45) is 8.02. The molecule has 0 amide bonds. The SMILES string of the molecule is CCCOc1ccc(CNCC2CCCCC2)cc1OC. The summed E-state index contributed by atoms with van der Waals surface area (Å²) in [5.74, 6) is 2.55. The lowest BCUT2D eigenvalue weighted by Gasteiger charge is -2.22. The number of ether oxygens (including phenoxy) is 2.